The van der Waals surface area contributed by atoms with Crippen LogP contribution in [0.1, 0.15) is 24.6 Å². The van der Waals surface area contributed by atoms with Crippen molar-refractivity contribution in [3.8, 4) is 0 Å². The fourth-order valence-corrected chi connectivity index (χ4v) is 1.89. The highest BCUT2D eigenvalue weighted by Gasteiger charge is 2.15. The van der Waals surface area contributed by atoms with Gasteiger partial charge in [0.1, 0.15) is 16.8 Å². The van der Waals surface area contributed by atoms with Crippen LogP contribution >= 0.6 is 11.6 Å². The van der Waals surface area contributed by atoms with Crippen molar-refractivity contribution in [2.75, 3.05) is 5.32 Å². The molecule has 0 aliphatic carbocycles. The topological polar surface area (TPSA) is 73.0 Å². The van der Waals surface area contributed by atoms with Crippen molar-refractivity contribution < 1.29 is 4.42 Å². The molecule has 0 aliphatic heterocycles. The smallest absolute Gasteiger partial charge is 0.287 e. The van der Waals surface area contributed by atoms with E-state index in [0.29, 0.717) is 18.1 Å². The minimum absolute atomic E-state index is 0.0805. The van der Waals surface area contributed by atoms with Gasteiger partial charge >= 0.3 is 0 Å². The van der Waals surface area contributed by atoms with Crippen molar-refractivity contribution in [3.05, 3.63) is 52.1 Å². The molecule has 2 rings (SSSR count). The van der Waals surface area contributed by atoms with Crippen LogP contribution in [0.2, 0.25) is 5.02 Å². The molecule has 0 amide bonds. The predicted molar refractivity (Wildman–Crippen MR) is 77.0 cm³/mol. The zero-order chi connectivity index (χ0) is 14.7. The van der Waals surface area contributed by atoms with E-state index in [-0.39, 0.29) is 16.6 Å². The second-order valence-electron chi connectivity index (χ2n) is 4.32. The van der Waals surface area contributed by atoms with Gasteiger partial charge in [-0.3, -0.25) is 4.79 Å². The number of halogens is 1. The fourth-order valence-electron chi connectivity index (χ4n) is 1.69. The average molecular weight is 295 g/mol. The summed E-state index contributed by atoms with van der Waals surface area (Å²) in [5.74, 6) is 1.24. The van der Waals surface area contributed by atoms with Crippen LogP contribution in [0.5, 0.6) is 0 Å². The molecule has 0 saturated heterocycles. The molecule has 0 saturated carbocycles. The van der Waals surface area contributed by atoms with Crippen LogP contribution in [0.4, 0.5) is 5.69 Å². The maximum absolute atomic E-state index is 11.9. The lowest BCUT2D eigenvalue weighted by molar-refractivity contribution is 0.453. The fraction of sp³-hybridized carbons (Fsp3) is 0.308. The largest absolute Gasteiger partial charge is 0.444 e. The number of rotatable bonds is 5. The van der Waals surface area contributed by atoms with Gasteiger partial charge in [0.05, 0.1) is 24.6 Å². The summed E-state index contributed by atoms with van der Waals surface area (Å²) in [6, 6.07) is -0.224. The summed E-state index contributed by atoms with van der Waals surface area (Å²) in [6.07, 6.45) is 4.71. The number of nitrogens with one attached hydrogen (secondary N) is 1. The molecule has 0 aromatic carbocycles. The van der Waals surface area contributed by atoms with Crippen molar-refractivity contribution >= 4 is 17.3 Å². The summed E-state index contributed by atoms with van der Waals surface area (Å²) in [7, 11) is 0. The first-order valence-electron chi connectivity index (χ1n) is 6.08. The summed E-state index contributed by atoms with van der Waals surface area (Å²) < 4.78 is 6.65. The Labute approximate surface area is 121 Å². The average Bonchev–Trinajstić information content (AvgIpc) is 2.85. The molecule has 2 heterocycles. The number of hydrogen-bond acceptors (Lipinski definition) is 5. The van der Waals surface area contributed by atoms with Gasteiger partial charge in [0.25, 0.3) is 5.56 Å². The number of anilines is 1. The first-order valence-corrected chi connectivity index (χ1v) is 6.46. The van der Waals surface area contributed by atoms with Crippen LogP contribution in [0, 0.1) is 6.92 Å². The van der Waals surface area contributed by atoms with Crippen LogP contribution in [-0.2, 0) is 6.54 Å². The quantitative estimate of drug-likeness (QED) is 0.858. The molecule has 0 fully saturated rings. The minimum atomic E-state index is -0.368. The summed E-state index contributed by atoms with van der Waals surface area (Å²) in [5, 5.41) is 7.16. The number of hydrogen-bond donors (Lipinski definition) is 1. The van der Waals surface area contributed by atoms with Crippen LogP contribution in [-0.4, -0.2) is 14.8 Å². The number of aromatic nitrogens is 3. The van der Waals surface area contributed by atoms with E-state index in [1.165, 1.54) is 10.9 Å². The molecule has 7 heteroatoms. The van der Waals surface area contributed by atoms with E-state index in [0.717, 1.165) is 5.76 Å². The van der Waals surface area contributed by atoms with E-state index in [1.54, 1.807) is 12.3 Å². The molecule has 0 aliphatic rings. The van der Waals surface area contributed by atoms with Crippen LogP contribution < -0.4 is 10.9 Å². The van der Waals surface area contributed by atoms with E-state index in [2.05, 4.69) is 22.0 Å². The lowest BCUT2D eigenvalue weighted by Gasteiger charge is -2.13. The maximum atomic E-state index is 11.9. The van der Waals surface area contributed by atoms with Gasteiger partial charge < -0.3 is 9.73 Å². The third kappa shape index (κ3) is 2.91. The Kier molecular flexibility index (Phi) is 4.24. The number of oxazole rings is 1. The summed E-state index contributed by atoms with van der Waals surface area (Å²) >= 11 is 6.05. The SMILES string of the molecule is C=CCn1ncc(NC(C)c2ncc(C)o2)c(Cl)c1=O. The summed E-state index contributed by atoms with van der Waals surface area (Å²) in [6.45, 7) is 7.54. The van der Waals surface area contributed by atoms with Gasteiger partial charge in [0.2, 0.25) is 5.89 Å². The van der Waals surface area contributed by atoms with Crippen molar-refractivity contribution in [3.63, 3.8) is 0 Å². The normalized spacial score (nSPS) is 12.2. The molecule has 6 nitrogen and oxygen atoms in total. The third-order valence-electron chi connectivity index (χ3n) is 2.67. The Hall–Kier alpha value is -2.08. The van der Waals surface area contributed by atoms with Crippen molar-refractivity contribution in [2.24, 2.45) is 0 Å². The molecule has 0 spiro atoms. The molecular weight excluding hydrogens is 280 g/mol. The second kappa shape index (κ2) is 5.92. The molecule has 2 aromatic heterocycles. The van der Waals surface area contributed by atoms with Crippen molar-refractivity contribution in [2.45, 2.75) is 26.4 Å². The van der Waals surface area contributed by atoms with E-state index < -0.39 is 0 Å². The van der Waals surface area contributed by atoms with Gasteiger partial charge in [0.15, 0.2) is 0 Å². The van der Waals surface area contributed by atoms with Gasteiger partial charge in [0, 0.05) is 0 Å². The highest BCUT2D eigenvalue weighted by Crippen LogP contribution is 2.22. The van der Waals surface area contributed by atoms with Gasteiger partial charge in [-0.05, 0) is 13.8 Å². The Morgan fingerprint density at radius 3 is 2.95 bits per heavy atom. The van der Waals surface area contributed by atoms with Crippen molar-refractivity contribution in [1.82, 2.24) is 14.8 Å². The van der Waals surface area contributed by atoms with Gasteiger partial charge in [-0.15, -0.1) is 6.58 Å². The zero-order valence-corrected chi connectivity index (χ0v) is 12.0. The molecule has 0 bridgehead atoms. The highest BCUT2D eigenvalue weighted by molar-refractivity contribution is 6.32. The molecule has 0 radical (unpaired) electrons. The number of aryl methyl sites for hydroxylation is 1. The lowest BCUT2D eigenvalue weighted by Crippen LogP contribution is -2.24. The van der Waals surface area contributed by atoms with Crippen LogP contribution in [0.15, 0.2) is 34.3 Å². The van der Waals surface area contributed by atoms with Gasteiger partial charge in [-0.2, -0.15) is 5.10 Å². The predicted octanol–water partition coefficient (Wildman–Crippen LogP) is 2.55. The van der Waals surface area contributed by atoms with Crippen LogP contribution in [0.25, 0.3) is 0 Å². The molecule has 2 aromatic rings. The van der Waals surface area contributed by atoms with Gasteiger partial charge in [-0.25, -0.2) is 9.67 Å². The Balaban J connectivity index is 2.24. The van der Waals surface area contributed by atoms with E-state index in [9.17, 15) is 4.79 Å². The van der Waals surface area contributed by atoms with Gasteiger partial charge in [-0.1, -0.05) is 17.7 Å². The molecule has 1 N–H and O–H groups in total. The highest BCUT2D eigenvalue weighted by atomic mass is 35.5. The summed E-state index contributed by atoms with van der Waals surface area (Å²) in [5.41, 5.74) is 0.0766. The summed E-state index contributed by atoms with van der Waals surface area (Å²) in [4.78, 5) is 16.1. The second-order valence-corrected chi connectivity index (χ2v) is 4.70. The van der Waals surface area contributed by atoms with Crippen molar-refractivity contribution in [1.29, 1.82) is 0 Å². The molecule has 20 heavy (non-hydrogen) atoms. The monoisotopic (exact) mass is 294 g/mol. The standard InChI is InChI=1S/C13H15ClN4O2/c1-4-5-18-13(19)11(14)10(7-16-18)17-9(3)12-15-6-8(2)20-12/h4,6-7,9,17H,1,5H2,2-3H3. The van der Waals surface area contributed by atoms with E-state index in [4.69, 9.17) is 16.0 Å². The number of allylic oxidation sites excluding steroid dienone is 1. The Morgan fingerprint density at radius 1 is 1.60 bits per heavy atom. The Morgan fingerprint density at radius 2 is 2.35 bits per heavy atom. The molecule has 1 atom stereocenters. The minimum Gasteiger partial charge on any atom is -0.444 e. The molecular formula is C13H15ClN4O2. The zero-order valence-electron chi connectivity index (χ0n) is 11.3. The lowest BCUT2D eigenvalue weighted by atomic mass is 10.3. The first-order chi connectivity index (χ1) is 9.52. The van der Waals surface area contributed by atoms with E-state index >= 15 is 0 Å². The molecule has 1 unspecified atom stereocenters. The number of nitrogens with zero attached hydrogens (tertiary/aromatic N) is 3. The maximum Gasteiger partial charge on any atom is 0.287 e. The van der Waals surface area contributed by atoms with E-state index in [1.807, 2.05) is 13.8 Å². The first kappa shape index (κ1) is 14.3. The molecule has 106 valence electrons. The third-order valence-corrected chi connectivity index (χ3v) is 3.03. The van der Waals surface area contributed by atoms with Crippen LogP contribution in [0.3, 0.4) is 0 Å². The Bertz CT molecular complexity index is 677.